The normalized spacial score (nSPS) is 38.3. The van der Waals surface area contributed by atoms with Gasteiger partial charge in [0.05, 0.1) is 12.1 Å². The monoisotopic (exact) mass is 221 g/mol. The zero-order valence-electron chi connectivity index (χ0n) is 9.68. The highest BCUT2D eigenvalue weighted by Crippen LogP contribution is 2.25. The third-order valence-corrected chi connectivity index (χ3v) is 4.02. The molecule has 2 heterocycles. The molecule has 3 N–H and O–H groups in total. The van der Waals surface area contributed by atoms with Crippen LogP contribution in [0.4, 0.5) is 0 Å². The largest absolute Gasteiger partial charge is 0.382 e. The van der Waals surface area contributed by atoms with Crippen molar-refractivity contribution >= 4 is 5.91 Å². The number of fused-ring (bicyclic) bond motifs is 1. The Balaban J connectivity index is 1.88. The van der Waals surface area contributed by atoms with Crippen LogP contribution in [-0.4, -0.2) is 30.6 Å². The van der Waals surface area contributed by atoms with Gasteiger partial charge in [-0.05, 0) is 19.8 Å². The Morgan fingerprint density at radius 2 is 1.94 bits per heavy atom. The van der Waals surface area contributed by atoms with Gasteiger partial charge >= 0.3 is 0 Å². The first-order valence-corrected chi connectivity index (χ1v) is 6.29. The highest BCUT2D eigenvalue weighted by Gasteiger charge is 2.36. The van der Waals surface area contributed by atoms with Gasteiger partial charge in [-0.3, -0.25) is 4.79 Å². The molecule has 1 aliphatic carbocycles. The standard InChI is InChI=1S/C12H19N3O/c1-7-11-10(6-13-12(11)16)15-9-5-3-2-4-8(9)14-7/h7-9,14-15H,2-6H2,1H3,(H,13,16)/t7?,8-,9-/m1/s1. The minimum absolute atomic E-state index is 0.0983. The van der Waals surface area contributed by atoms with Crippen molar-refractivity contribution in [1.29, 1.82) is 0 Å². The van der Waals surface area contributed by atoms with Crippen LogP contribution >= 0.6 is 0 Å². The fourth-order valence-corrected chi connectivity index (χ4v) is 3.21. The van der Waals surface area contributed by atoms with Crippen molar-refractivity contribution in [3.8, 4) is 0 Å². The quantitative estimate of drug-likeness (QED) is 0.550. The molecule has 16 heavy (non-hydrogen) atoms. The molecule has 4 nitrogen and oxygen atoms in total. The molecule has 0 aromatic rings. The summed E-state index contributed by atoms with van der Waals surface area (Å²) >= 11 is 0. The van der Waals surface area contributed by atoms with E-state index in [9.17, 15) is 4.79 Å². The van der Waals surface area contributed by atoms with Crippen LogP contribution in [0.2, 0.25) is 0 Å². The van der Waals surface area contributed by atoms with Crippen LogP contribution in [0.25, 0.3) is 0 Å². The number of rotatable bonds is 0. The highest BCUT2D eigenvalue weighted by atomic mass is 16.2. The molecule has 3 rings (SSSR count). The van der Waals surface area contributed by atoms with E-state index in [2.05, 4.69) is 22.9 Å². The minimum atomic E-state index is 0.0983. The Morgan fingerprint density at radius 1 is 1.19 bits per heavy atom. The van der Waals surface area contributed by atoms with Crippen molar-refractivity contribution in [2.45, 2.75) is 50.7 Å². The predicted molar refractivity (Wildman–Crippen MR) is 61.8 cm³/mol. The van der Waals surface area contributed by atoms with Crippen LogP contribution in [0.1, 0.15) is 32.6 Å². The molecule has 0 aromatic carbocycles. The molecule has 88 valence electrons. The summed E-state index contributed by atoms with van der Waals surface area (Å²) in [6.45, 7) is 2.78. The van der Waals surface area contributed by atoms with Gasteiger partial charge < -0.3 is 16.0 Å². The lowest BCUT2D eigenvalue weighted by atomic mass is 9.90. The molecule has 1 fully saturated rings. The molecule has 0 bridgehead atoms. The second-order valence-electron chi connectivity index (χ2n) is 5.11. The minimum Gasteiger partial charge on any atom is -0.382 e. The third kappa shape index (κ3) is 1.52. The van der Waals surface area contributed by atoms with Crippen LogP contribution in [0.15, 0.2) is 11.3 Å². The summed E-state index contributed by atoms with van der Waals surface area (Å²) in [5, 5.41) is 10.1. The zero-order chi connectivity index (χ0) is 11.1. The molecule has 1 saturated carbocycles. The highest BCUT2D eigenvalue weighted by molar-refractivity contribution is 5.98. The van der Waals surface area contributed by atoms with E-state index < -0.39 is 0 Å². The molecule has 0 radical (unpaired) electrons. The third-order valence-electron chi connectivity index (χ3n) is 4.02. The van der Waals surface area contributed by atoms with Gasteiger partial charge in [0.2, 0.25) is 0 Å². The lowest BCUT2D eigenvalue weighted by molar-refractivity contribution is -0.116. The molecule has 0 saturated heterocycles. The van der Waals surface area contributed by atoms with E-state index >= 15 is 0 Å². The van der Waals surface area contributed by atoms with E-state index in [0.29, 0.717) is 18.6 Å². The topological polar surface area (TPSA) is 53.2 Å². The molecule has 3 atom stereocenters. The molecule has 3 aliphatic rings. The maximum atomic E-state index is 11.7. The first kappa shape index (κ1) is 10.1. The molecule has 0 spiro atoms. The van der Waals surface area contributed by atoms with Crippen molar-refractivity contribution in [2.24, 2.45) is 0 Å². The zero-order valence-corrected chi connectivity index (χ0v) is 9.68. The van der Waals surface area contributed by atoms with E-state index in [0.717, 1.165) is 11.3 Å². The lowest BCUT2D eigenvalue weighted by Crippen LogP contribution is -2.50. The van der Waals surface area contributed by atoms with Gasteiger partial charge in [-0.1, -0.05) is 12.8 Å². The van der Waals surface area contributed by atoms with Crippen molar-refractivity contribution in [1.82, 2.24) is 16.0 Å². The van der Waals surface area contributed by atoms with Gasteiger partial charge in [0.15, 0.2) is 0 Å². The fraction of sp³-hybridized carbons (Fsp3) is 0.750. The van der Waals surface area contributed by atoms with Crippen LogP contribution in [0.3, 0.4) is 0 Å². The Bertz CT molecular complexity index is 350. The van der Waals surface area contributed by atoms with Crippen LogP contribution < -0.4 is 16.0 Å². The SMILES string of the molecule is CC1N[C@@H]2CCCC[C@H]2NC2=C1C(=O)NC2. The Morgan fingerprint density at radius 3 is 2.75 bits per heavy atom. The molecular weight excluding hydrogens is 202 g/mol. The van der Waals surface area contributed by atoms with Gasteiger partial charge in [0, 0.05) is 23.8 Å². The van der Waals surface area contributed by atoms with E-state index in [1.54, 1.807) is 0 Å². The van der Waals surface area contributed by atoms with Gasteiger partial charge in [-0.15, -0.1) is 0 Å². The summed E-state index contributed by atoms with van der Waals surface area (Å²) in [6, 6.07) is 1.22. The predicted octanol–water partition coefficient (Wildman–Crippen LogP) is 0.263. The molecule has 4 heteroatoms. The van der Waals surface area contributed by atoms with E-state index in [1.165, 1.54) is 25.7 Å². The molecule has 1 amide bonds. The number of carbonyl (C=O) groups is 1. The summed E-state index contributed by atoms with van der Waals surface area (Å²) in [5.41, 5.74) is 2.05. The summed E-state index contributed by atoms with van der Waals surface area (Å²) in [4.78, 5) is 11.7. The van der Waals surface area contributed by atoms with E-state index in [-0.39, 0.29) is 11.9 Å². The molecular formula is C12H19N3O. The average Bonchev–Trinajstić information content (AvgIpc) is 2.56. The van der Waals surface area contributed by atoms with Crippen molar-refractivity contribution < 1.29 is 4.79 Å². The maximum absolute atomic E-state index is 11.7. The average molecular weight is 221 g/mol. The molecule has 1 unspecified atom stereocenters. The fourth-order valence-electron chi connectivity index (χ4n) is 3.21. The summed E-state index contributed by atoms with van der Waals surface area (Å²) in [7, 11) is 0. The first-order valence-electron chi connectivity index (χ1n) is 6.29. The van der Waals surface area contributed by atoms with Crippen molar-refractivity contribution in [2.75, 3.05) is 6.54 Å². The lowest BCUT2D eigenvalue weighted by Gasteiger charge is -2.33. The van der Waals surface area contributed by atoms with Crippen LogP contribution in [0, 0.1) is 0 Å². The second kappa shape index (κ2) is 3.77. The summed E-state index contributed by atoms with van der Waals surface area (Å²) < 4.78 is 0. The molecule has 2 aliphatic heterocycles. The Kier molecular flexibility index (Phi) is 2.39. The molecule has 0 aromatic heterocycles. The first-order chi connectivity index (χ1) is 7.75. The van der Waals surface area contributed by atoms with Crippen molar-refractivity contribution in [3.05, 3.63) is 11.3 Å². The second-order valence-corrected chi connectivity index (χ2v) is 5.11. The Labute approximate surface area is 95.9 Å². The Hall–Kier alpha value is -1.03. The number of nitrogens with one attached hydrogen (secondary N) is 3. The van der Waals surface area contributed by atoms with Gasteiger partial charge in [0.25, 0.3) is 5.91 Å². The van der Waals surface area contributed by atoms with Crippen molar-refractivity contribution in [3.63, 3.8) is 0 Å². The number of hydrogen-bond acceptors (Lipinski definition) is 3. The number of carbonyl (C=O) groups excluding carboxylic acids is 1. The van der Waals surface area contributed by atoms with E-state index in [4.69, 9.17) is 0 Å². The van der Waals surface area contributed by atoms with Crippen LogP contribution in [0.5, 0.6) is 0 Å². The summed E-state index contributed by atoms with van der Waals surface area (Å²) in [5.74, 6) is 0.0983. The number of amides is 1. The van der Waals surface area contributed by atoms with Crippen LogP contribution in [-0.2, 0) is 4.79 Å². The van der Waals surface area contributed by atoms with E-state index in [1.807, 2.05) is 0 Å². The number of hydrogen-bond donors (Lipinski definition) is 3. The van der Waals surface area contributed by atoms with Gasteiger partial charge in [-0.25, -0.2) is 0 Å². The smallest absolute Gasteiger partial charge is 0.250 e. The van der Waals surface area contributed by atoms with Gasteiger partial charge in [-0.2, -0.15) is 0 Å². The maximum Gasteiger partial charge on any atom is 0.250 e. The van der Waals surface area contributed by atoms with Gasteiger partial charge in [0.1, 0.15) is 0 Å². The summed E-state index contributed by atoms with van der Waals surface area (Å²) in [6.07, 6.45) is 5.05.